The topological polar surface area (TPSA) is 96.0 Å². The zero-order valence-corrected chi connectivity index (χ0v) is 16.2. The first-order valence-corrected chi connectivity index (χ1v) is 8.24. The molecule has 2 rings (SSSR count). The molecule has 1 N–H and O–H groups in total. The Morgan fingerprint density at radius 1 is 1.04 bits per heavy atom. The molecule has 0 fully saturated rings. The van der Waals surface area contributed by atoms with Crippen LogP contribution in [0.4, 0.5) is 5.69 Å². The van der Waals surface area contributed by atoms with Crippen molar-refractivity contribution in [1.82, 2.24) is 4.98 Å². The summed E-state index contributed by atoms with van der Waals surface area (Å²) in [6, 6.07) is 5.91. The van der Waals surface area contributed by atoms with Crippen LogP contribution >= 0.6 is 23.2 Å². The lowest BCUT2D eigenvalue weighted by Gasteiger charge is -2.14. The third-order valence-electron chi connectivity index (χ3n) is 3.29. The molecule has 0 bridgehead atoms. The van der Waals surface area contributed by atoms with Crippen molar-refractivity contribution in [3.05, 3.63) is 40.1 Å². The average Bonchev–Trinajstić information content (AvgIpc) is 2.67. The molecule has 8 nitrogen and oxygen atoms in total. The molecular formula is C17H16Cl2N2O6. The molecule has 0 atom stereocenters. The predicted octanol–water partition coefficient (Wildman–Crippen LogP) is 3.21. The van der Waals surface area contributed by atoms with Crippen LogP contribution in [0.15, 0.2) is 24.3 Å². The van der Waals surface area contributed by atoms with Gasteiger partial charge in [-0.3, -0.25) is 4.79 Å². The minimum Gasteiger partial charge on any atom is -0.493 e. The van der Waals surface area contributed by atoms with Crippen molar-refractivity contribution in [3.8, 4) is 17.2 Å². The number of pyridine rings is 1. The Bertz CT molecular complexity index is 834. The van der Waals surface area contributed by atoms with Crippen molar-refractivity contribution >= 4 is 40.8 Å². The Morgan fingerprint density at radius 2 is 1.67 bits per heavy atom. The van der Waals surface area contributed by atoms with Gasteiger partial charge in [0.2, 0.25) is 5.75 Å². The molecule has 0 aliphatic heterocycles. The summed E-state index contributed by atoms with van der Waals surface area (Å²) in [6.07, 6.45) is 0. The number of halogens is 2. The Kier molecular flexibility index (Phi) is 7.09. The van der Waals surface area contributed by atoms with Gasteiger partial charge in [0.15, 0.2) is 23.8 Å². The number of hydrogen-bond donors (Lipinski definition) is 1. The summed E-state index contributed by atoms with van der Waals surface area (Å²) in [5, 5.41) is 2.71. The zero-order valence-electron chi connectivity index (χ0n) is 14.7. The van der Waals surface area contributed by atoms with Crippen LogP contribution in [0, 0.1) is 0 Å². The van der Waals surface area contributed by atoms with Crippen LogP contribution < -0.4 is 19.5 Å². The molecule has 0 aliphatic rings. The summed E-state index contributed by atoms with van der Waals surface area (Å²) >= 11 is 11.6. The summed E-state index contributed by atoms with van der Waals surface area (Å²) in [5.74, 6) is -0.359. The van der Waals surface area contributed by atoms with Crippen LogP contribution in [-0.4, -0.2) is 44.8 Å². The number of carbonyl (C=O) groups is 2. The number of benzene rings is 1. The number of methoxy groups -OCH3 is 3. The third-order valence-corrected chi connectivity index (χ3v) is 3.80. The Morgan fingerprint density at radius 3 is 2.22 bits per heavy atom. The summed E-state index contributed by atoms with van der Waals surface area (Å²) in [4.78, 5) is 27.8. The van der Waals surface area contributed by atoms with Crippen molar-refractivity contribution in [2.45, 2.75) is 0 Å². The van der Waals surface area contributed by atoms with E-state index in [9.17, 15) is 9.59 Å². The van der Waals surface area contributed by atoms with E-state index in [2.05, 4.69) is 10.3 Å². The molecule has 144 valence electrons. The number of amides is 1. The normalized spacial score (nSPS) is 10.1. The maximum atomic E-state index is 12.1. The molecule has 2 aromatic rings. The highest BCUT2D eigenvalue weighted by Crippen LogP contribution is 2.39. The number of nitrogens with zero attached hydrogens (tertiary/aromatic N) is 1. The van der Waals surface area contributed by atoms with Gasteiger partial charge in [0.1, 0.15) is 5.15 Å². The smallest absolute Gasteiger partial charge is 0.359 e. The summed E-state index contributed by atoms with van der Waals surface area (Å²) < 4.78 is 20.5. The maximum Gasteiger partial charge on any atom is 0.359 e. The number of carbonyl (C=O) groups excluding carboxylic acids is 2. The molecule has 0 aliphatic carbocycles. The molecular weight excluding hydrogens is 399 g/mol. The molecule has 0 spiro atoms. The molecule has 1 amide bonds. The number of hydrogen-bond acceptors (Lipinski definition) is 7. The zero-order chi connectivity index (χ0) is 20.0. The largest absolute Gasteiger partial charge is 0.493 e. The average molecular weight is 415 g/mol. The summed E-state index contributed by atoms with van der Waals surface area (Å²) in [5.41, 5.74) is 0.189. The highest BCUT2D eigenvalue weighted by Gasteiger charge is 2.18. The van der Waals surface area contributed by atoms with E-state index in [0.29, 0.717) is 22.9 Å². The fraction of sp³-hybridized carbons (Fsp3) is 0.235. The van der Waals surface area contributed by atoms with Crippen molar-refractivity contribution < 1.29 is 28.5 Å². The highest BCUT2D eigenvalue weighted by molar-refractivity contribution is 6.34. The summed E-state index contributed by atoms with van der Waals surface area (Å²) in [6.45, 7) is -0.556. The maximum absolute atomic E-state index is 12.1. The first-order chi connectivity index (χ1) is 12.9. The van der Waals surface area contributed by atoms with Gasteiger partial charge < -0.3 is 24.3 Å². The molecule has 0 radical (unpaired) electrons. The van der Waals surface area contributed by atoms with Crippen LogP contribution in [0.5, 0.6) is 17.2 Å². The SMILES string of the molecule is COc1cc(NC(=O)COC(=O)c2nc(Cl)ccc2Cl)cc(OC)c1OC. The quantitative estimate of drug-likeness (QED) is 0.548. The molecule has 1 aromatic carbocycles. The lowest BCUT2D eigenvalue weighted by Crippen LogP contribution is -2.21. The molecule has 0 unspecified atom stereocenters. The van der Waals surface area contributed by atoms with Crippen LogP contribution in [0.25, 0.3) is 0 Å². The molecule has 0 saturated carbocycles. The minimum absolute atomic E-state index is 0.0643. The van der Waals surface area contributed by atoms with E-state index in [0.717, 1.165) is 0 Å². The van der Waals surface area contributed by atoms with Crippen LogP contribution in [0.3, 0.4) is 0 Å². The number of ether oxygens (including phenoxy) is 4. The third kappa shape index (κ3) is 5.15. The monoisotopic (exact) mass is 414 g/mol. The van der Waals surface area contributed by atoms with Gasteiger partial charge in [-0.2, -0.15) is 0 Å². The second kappa shape index (κ2) is 9.29. The van der Waals surface area contributed by atoms with Crippen LogP contribution in [0.1, 0.15) is 10.5 Å². The lowest BCUT2D eigenvalue weighted by atomic mass is 10.2. The fourth-order valence-electron chi connectivity index (χ4n) is 2.11. The Labute approximate surface area is 165 Å². The van der Waals surface area contributed by atoms with Gasteiger partial charge in [-0.05, 0) is 12.1 Å². The highest BCUT2D eigenvalue weighted by atomic mass is 35.5. The number of aromatic nitrogens is 1. The second-order valence-corrected chi connectivity index (χ2v) is 5.80. The lowest BCUT2D eigenvalue weighted by molar-refractivity contribution is -0.119. The Balaban J connectivity index is 2.05. The second-order valence-electron chi connectivity index (χ2n) is 5.00. The Hall–Kier alpha value is -2.71. The van der Waals surface area contributed by atoms with Gasteiger partial charge in [-0.15, -0.1) is 0 Å². The van der Waals surface area contributed by atoms with E-state index in [4.69, 9.17) is 42.1 Å². The van der Waals surface area contributed by atoms with E-state index in [1.54, 1.807) is 0 Å². The van der Waals surface area contributed by atoms with E-state index in [1.165, 1.54) is 45.6 Å². The van der Waals surface area contributed by atoms with E-state index >= 15 is 0 Å². The molecule has 0 saturated heterocycles. The first-order valence-electron chi connectivity index (χ1n) is 7.48. The van der Waals surface area contributed by atoms with Gasteiger partial charge in [-0.25, -0.2) is 9.78 Å². The van der Waals surface area contributed by atoms with Crippen molar-refractivity contribution in [2.24, 2.45) is 0 Å². The van der Waals surface area contributed by atoms with Crippen molar-refractivity contribution in [1.29, 1.82) is 0 Å². The number of anilines is 1. The van der Waals surface area contributed by atoms with E-state index in [1.807, 2.05) is 0 Å². The van der Waals surface area contributed by atoms with Gasteiger partial charge in [0, 0.05) is 17.8 Å². The molecule has 1 aromatic heterocycles. The van der Waals surface area contributed by atoms with Gasteiger partial charge >= 0.3 is 5.97 Å². The summed E-state index contributed by atoms with van der Waals surface area (Å²) in [7, 11) is 4.37. The standard InChI is InChI=1S/C17H16Cl2N2O6/c1-24-11-6-9(7-12(25-2)16(11)26-3)20-14(22)8-27-17(23)15-10(18)4-5-13(19)21-15/h4-7H,8H2,1-3H3,(H,20,22). The van der Waals surface area contributed by atoms with Gasteiger partial charge in [0.25, 0.3) is 5.91 Å². The van der Waals surface area contributed by atoms with Crippen molar-refractivity contribution in [3.63, 3.8) is 0 Å². The van der Waals surface area contributed by atoms with Crippen LogP contribution in [0.2, 0.25) is 10.2 Å². The first kappa shape index (κ1) is 20.6. The molecule has 27 heavy (non-hydrogen) atoms. The van der Waals surface area contributed by atoms with Gasteiger partial charge in [-0.1, -0.05) is 23.2 Å². The molecule has 10 heteroatoms. The number of esters is 1. The number of rotatable bonds is 7. The fourth-order valence-corrected chi connectivity index (χ4v) is 2.44. The van der Waals surface area contributed by atoms with E-state index in [-0.39, 0.29) is 15.9 Å². The van der Waals surface area contributed by atoms with Gasteiger partial charge in [0.05, 0.1) is 26.4 Å². The number of nitrogens with one attached hydrogen (secondary N) is 1. The minimum atomic E-state index is -0.873. The van der Waals surface area contributed by atoms with E-state index < -0.39 is 18.5 Å². The van der Waals surface area contributed by atoms with Crippen molar-refractivity contribution in [2.75, 3.05) is 33.3 Å². The predicted molar refractivity (Wildman–Crippen MR) is 99.3 cm³/mol. The molecule has 1 heterocycles. The van der Waals surface area contributed by atoms with Crippen LogP contribution in [-0.2, 0) is 9.53 Å².